The molecule has 2 aliphatic carbocycles. The first-order valence-corrected chi connectivity index (χ1v) is 8.55. The topological polar surface area (TPSA) is 97.4 Å². The highest BCUT2D eigenvalue weighted by atomic mass is 35.5. The van der Waals surface area contributed by atoms with E-state index in [0.717, 1.165) is 24.0 Å². The minimum Gasteiger partial charge on any atom is -0.399 e. The van der Waals surface area contributed by atoms with Gasteiger partial charge in [0.2, 0.25) is 5.41 Å². The molecule has 0 aromatic heterocycles. The summed E-state index contributed by atoms with van der Waals surface area (Å²) >= 11 is 6.41. The summed E-state index contributed by atoms with van der Waals surface area (Å²) < 4.78 is 0. The van der Waals surface area contributed by atoms with Crippen LogP contribution in [-0.2, 0) is 0 Å². The van der Waals surface area contributed by atoms with E-state index in [0.29, 0.717) is 10.9 Å². The number of nitriles is 3. The van der Waals surface area contributed by atoms with Crippen molar-refractivity contribution in [3.63, 3.8) is 0 Å². The zero-order chi connectivity index (χ0) is 18.2. The van der Waals surface area contributed by atoms with E-state index >= 15 is 0 Å². The van der Waals surface area contributed by atoms with Crippen molar-refractivity contribution in [1.29, 1.82) is 15.8 Å². The van der Waals surface area contributed by atoms with Gasteiger partial charge < -0.3 is 5.73 Å². The predicted molar refractivity (Wildman–Crippen MR) is 94.6 cm³/mol. The molecule has 0 amide bonds. The summed E-state index contributed by atoms with van der Waals surface area (Å²) in [4.78, 5) is 0. The highest BCUT2D eigenvalue weighted by molar-refractivity contribution is 6.31. The van der Waals surface area contributed by atoms with Gasteiger partial charge in [-0.2, -0.15) is 15.8 Å². The summed E-state index contributed by atoms with van der Waals surface area (Å²) in [5.74, 6) is -0.0690. The fourth-order valence-electron chi connectivity index (χ4n) is 4.11. The Kier molecular flexibility index (Phi) is 4.30. The molecule has 1 aromatic carbocycles. The molecule has 5 heteroatoms. The predicted octanol–water partition coefficient (Wildman–Crippen LogP) is 4.18. The average Bonchev–Trinajstić information content (AvgIpc) is 2.62. The smallest absolute Gasteiger partial charge is 0.204 e. The van der Waals surface area contributed by atoms with Gasteiger partial charge >= 0.3 is 0 Å². The maximum atomic E-state index is 9.79. The van der Waals surface area contributed by atoms with Crippen LogP contribution in [0.15, 0.2) is 47.2 Å². The van der Waals surface area contributed by atoms with E-state index in [2.05, 4.69) is 25.1 Å². The van der Waals surface area contributed by atoms with Crippen LogP contribution in [0, 0.1) is 51.2 Å². The minimum absolute atomic E-state index is 0.0435. The number of hydrogen-bond donors (Lipinski definition) is 1. The molecule has 0 unspecified atom stereocenters. The van der Waals surface area contributed by atoms with E-state index in [-0.39, 0.29) is 23.1 Å². The van der Waals surface area contributed by atoms with Gasteiger partial charge in [-0.05, 0) is 41.9 Å². The van der Waals surface area contributed by atoms with E-state index in [1.165, 1.54) is 0 Å². The summed E-state index contributed by atoms with van der Waals surface area (Å²) in [5.41, 5.74) is 6.54. The lowest BCUT2D eigenvalue weighted by Gasteiger charge is -2.43. The van der Waals surface area contributed by atoms with Gasteiger partial charge in [0.25, 0.3) is 0 Å². The number of benzene rings is 1. The Bertz CT molecular complexity index is 893. The monoisotopic (exact) mass is 348 g/mol. The summed E-state index contributed by atoms with van der Waals surface area (Å²) in [5, 5.41) is 29.9. The van der Waals surface area contributed by atoms with Crippen LogP contribution in [0.25, 0.3) is 0 Å². The molecule has 3 atom stereocenters. The summed E-state index contributed by atoms with van der Waals surface area (Å²) in [6.45, 7) is 2.13. The van der Waals surface area contributed by atoms with Crippen LogP contribution in [0.1, 0.15) is 31.2 Å². The highest BCUT2D eigenvalue weighted by Crippen LogP contribution is 2.56. The molecule has 4 nitrogen and oxygen atoms in total. The SMILES string of the molecule is C[C@@H]1CC=C2[C@@H](C1)[C@@H](c1ccccc1Cl)C(C#N)=C(N)C2(C#N)C#N. The van der Waals surface area contributed by atoms with Crippen LogP contribution >= 0.6 is 11.6 Å². The van der Waals surface area contributed by atoms with Crippen molar-refractivity contribution in [2.45, 2.75) is 25.7 Å². The zero-order valence-electron chi connectivity index (χ0n) is 13.8. The first kappa shape index (κ1) is 17.1. The van der Waals surface area contributed by atoms with Crippen molar-refractivity contribution in [2.75, 3.05) is 0 Å². The largest absolute Gasteiger partial charge is 0.399 e. The van der Waals surface area contributed by atoms with Crippen molar-refractivity contribution in [3.8, 4) is 18.2 Å². The standard InChI is InChI=1S/C20H17ClN4/c1-12-6-7-16-14(8-12)18(13-4-2-3-5-17(13)21)15(9-22)19(25)20(16,10-23)11-24/h2-5,7,12,14,18H,6,8,25H2,1H3/t12-,14-,18-/m1/s1. The maximum Gasteiger partial charge on any atom is 0.204 e. The third-order valence-electron chi connectivity index (χ3n) is 5.33. The molecular formula is C20H17ClN4. The number of nitrogens with zero attached hydrogens (tertiary/aromatic N) is 3. The van der Waals surface area contributed by atoms with Gasteiger partial charge in [0.15, 0.2) is 0 Å². The van der Waals surface area contributed by atoms with Gasteiger partial charge in [-0.25, -0.2) is 0 Å². The highest BCUT2D eigenvalue weighted by Gasteiger charge is 2.52. The third-order valence-corrected chi connectivity index (χ3v) is 5.68. The first-order chi connectivity index (χ1) is 12.0. The molecule has 0 fully saturated rings. The second-order valence-electron chi connectivity index (χ2n) is 6.75. The Morgan fingerprint density at radius 3 is 2.48 bits per heavy atom. The molecular weight excluding hydrogens is 332 g/mol. The van der Waals surface area contributed by atoms with Crippen molar-refractivity contribution in [3.05, 3.63) is 57.8 Å². The minimum atomic E-state index is -1.56. The molecule has 25 heavy (non-hydrogen) atoms. The lowest BCUT2D eigenvalue weighted by Crippen LogP contribution is -2.41. The van der Waals surface area contributed by atoms with Gasteiger partial charge in [0, 0.05) is 10.9 Å². The van der Waals surface area contributed by atoms with Crippen LogP contribution < -0.4 is 5.73 Å². The number of rotatable bonds is 1. The summed E-state index contributed by atoms with van der Waals surface area (Å²) in [6, 6.07) is 13.7. The summed E-state index contributed by atoms with van der Waals surface area (Å²) in [6.07, 6.45) is 3.54. The molecule has 0 heterocycles. The van der Waals surface area contributed by atoms with Crippen molar-refractivity contribution in [2.24, 2.45) is 23.0 Å². The molecule has 0 spiro atoms. The molecule has 0 saturated heterocycles. The molecule has 2 aliphatic rings. The second-order valence-corrected chi connectivity index (χ2v) is 7.16. The third kappa shape index (κ3) is 2.41. The molecule has 3 rings (SSSR count). The second kappa shape index (κ2) is 6.29. The zero-order valence-corrected chi connectivity index (χ0v) is 14.6. The Morgan fingerprint density at radius 2 is 1.88 bits per heavy atom. The normalized spacial score (nSPS) is 27.3. The van der Waals surface area contributed by atoms with Crippen LogP contribution in [0.5, 0.6) is 0 Å². The quantitative estimate of drug-likeness (QED) is 0.769. The Morgan fingerprint density at radius 1 is 1.20 bits per heavy atom. The van der Waals surface area contributed by atoms with Crippen molar-refractivity contribution >= 4 is 11.6 Å². The maximum absolute atomic E-state index is 9.79. The molecule has 2 N–H and O–H groups in total. The van der Waals surface area contributed by atoms with Crippen LogP contribution in [-0.4, -0.2) is 0 Å². The Labute approximate surface area is 152 Å². The Hall–Kier alpha value is -2.74. The van der Waals surface area contributed by atoms with E-state index in [9.17, 15) is 15.8 Å². The van der Waals surface area contributed by atoms with Crippen LogP contribution in [0.4, 0.5) is 0 Å². The molecule has 0 bridgehead atoms. The lowest BCUT2D eigenvalue weighted by atomic mass is 9.57. The van der Waals surface area contributed by atoms with Crippen molar-refractivity contribution in [1.82, 2.24) is 0 Å². The van der Waals surface area contributed by atoms with Gasteiger partial charge in [-0.1, -0.05) is 42.8 Å². The molecule has 124 valence electrons. The molecule has 0 radical (unpaired) electrons. The van der Waals surface area contributed by atoms with Crippen LogP contribution in [0.2, 0.25) is 5.02 Å². The number of hydrogen-bond acceptors (Lipinski definition) is 4. The van der Waals surface area contributed by atoms with E-state index in [1.807, 2.05) is 24.3 Å². The first-order valence-electron chi connectivity index (χ1n) is 8.17. The molecule has 0 aliphatic heterocycles. The van der Waals surface area contributed by atoms with Gasteiger partial charge in [0.1, 0.15) is 0 Å². The van der Waals surface area contributed by atoms with Gasteiger partial charge in [-0.3, -0.25) is 0 Å². The van der Waals surface area contributed by atoms with Crippen molar-refractivity contribution < 1.29 is 0 Å². The number of halogens is 1. The van der Waals surface area contributed by atoms with E-state index in [4.69, 9.17) is 17.3 Å². The fraction of sp³-hybridized carbons (Fsp3) is 0.350. The van der Waals surface area contributed by atoms with E-state index < -0.39 is 5.41 Å². The van der Waals surface area contributed by atoms with Crippen LogP contribution in [0.3, 0.4) is 0 Å². The summed E-state index contributed by atoms with van der Waals surface area (Å²) in [7, 11) is 0. The number of fused-ring (bicyclic) bond motifs is 1. The number of allylic oxidation sites excluding steroid dienone is 3. The fourth-order valence-corrected chi connectivity index (χ4v) is 4.37. The molecule has 1 aromatic rings. The number of nitrogens with two attached hydrogens (primary N) is 1. The average molecular weight is 349 g/mol. The Balaban J connectivity index is 2.35. The van der Waals surface area contributed by atoms with E-state index in [1.54, 1.807) is 6.07 Å². The van der Waals surface area contributed by atoms with Gasteiger partial charge in [0.05, 0.1) is 29.5 Å². The molecule has 0 saturated carbocycles. The van der Waals surface area contributed by atoms with Gasteiger partial charge in [-0.15, -0.1) is 0 Å². The lowest BCUT2D eigenvalue weighted by molar-refractivity contribution is 0.334.